The first-order valence-corrected chi connectivity index (χ1v) is 4.38. The maximum Gasteiger partial charge on any atom is 0.161 e. The first-order chi connectivity index (χ1) is 6.72. The number of benzene rings is 1. The Bertz CT molecular complexity index is 485. The van der Waals surface area contributed by atoms with Gasteiger partial charge in [-0.1, -0.05) is 0 Å². The Labute approximate surface area is 81.7 Å². The average Bonchev–Trinajstić information content (AvgIpc) is 2.59. The summed E-state index contributed by atoms with van der Waals surface area (Å²) in [6, 6.07) is 5.62. The van der Waals surface area contributed by atoms with Crippen molar-refractivity contribution in [3.8, 4) is 5.75 Å². The molecule has 1 N–H and O–H groups in total. The molecule has 0 atom stereocenters. The quantitative estimate of drug-likeness (QED) is 0.737. The average molecular weight is 189 g/mol. The number of nitrogens with one attached hydrogen (secondary N) is 1. The molecule has 2 aromatic rings. The van der Waals surface area contributed by atoms with Crippen LogP contribution in [-0.2, 0) is 0 Å². The summed E-state index contributed by atoms with van der Waals surface area (Å²) < 4.78 is 5.09. The van der Waals surface area contributed by atoms with Crippen LogP contribution in [0.2, 0.25) is 0 Å². The lowest BCUT2D eigenvalue weighted by atomic mass is 10.1. The highest BCUT2D eigenvalue weighted by Crippen LogP contribution is 2.23. The highest BCUT2D eigenvalue weighted by Gasteiger charge is 2.07. The van der Waals surface area contributed by atoms with Crippen molar-refractivity contribution in [2.24, 2.45) is 0 Å². The van der Waals surface area contributed by atoms with E-state index in [0.717, 1.165) is 22.2 Å². The molecule has 0 bridgehead atoms. The Morgan fingerprint density at radius 3 is 2.86 bits per heavy atom. The molecule has 1 aromatic heterocycles. The maximum absolute atomic E-state index is 11.2. The number of Topliss-reactive ketones (excluding diaryl/α,β-unsaturated/α-hetero) is 1. The molecule has 0 amide bonds. The zero-order valence-corrected chi connectivity index (χ0v) is 8.13. The van der Waals surface area contributed by atoms with Gasteiger partial charge in [0.25, 0.3) is 0 Å². The number of rotatable bonds is 2. The van der Waals surface area contributed by atoms with Gasteiger partial charge in [-0.2, -0.15) is 0 Å². The van der Waals surface area contributed by atoms with Crippen molar-refractivity contribution >= 4 is 16.7 Å². The third-order valence-electron chi connectivity index (χ3n) is 2.27. The first-order valence-electron chi connectivity index (χ1n) is 4.38. The van der Waals surface area contributed by atoms with Gasteiger partial charge < -0.3 is 9.72 Å². The van der Waals surface area contributed by atoms with Gasteiger partial charge in [0.1, 0.15) is 5.75 Å². The SMILES string of the molecule is COc1ccc2c(C(C)=O)c[nH]c2c1. The maximum atomic E-state index is 11.2. The summed E-state index contributed by atoms with van der Waals surface area (Å²) in [6.45, 7) is 1.56. The Morgan fingerprint density at radius 1 is 1.43 bits per heavy atom. The molecule has 72 valence electrons. The van der Waals surface area contributed by atoms with Crippen LogP contribution in [0.5, 0.6) is 5.75 Å². The fourth-order valence-corrected chi connectivity index (χ4v) is 1.52. The molecule has 0 radical (unpaired) electrons. The second-order valence-corrected chi connectivity index (χ2v) is 3.17. The van der Waals surface area contributed by atoms with Crippen molar-refractivity contribution in [1.29, 1.82) is 0 Å². The van der Waals surface area contributed by atoms with E-state index in [1.54, 1.807) is 20.2 Å². The van der Waals surface area contributed by atoms with Gasteiger partial charge in [0.05, 0.1) is 7.11 Å². The van der Waals surface area contributed by atoms with E-state index in [1.165, 1.54) is 0 Å². The van der Waals surface area contributed by atoms with Gasteiger partial charge in [0, 0.05) is 28.7 Å². The van der Waals surface area contributed by atoms with Gasteiger partial charge in [0.15, 0.2) is 5.78 Å². The summed E-state index contributed by atoms with van der Waals surface area (Å²) in [7, 11) is 1.62. The molecule has 14 heavy (non-hydrogen) atoms. The van der Waals surface area contributed by atoms with Gasteiger partial charge in [0.2, 0.25) is 0 Å². The molecule has 0 aliphatic carbocycles. The van der Waals surface area contributed by atoms with E-state index in [-0.39, 0.29) is 5.78 Å². The van der Waals surface area contributed by atoms with Crippen molar-refractivity contribution in [2.45, 2.75) is 6.92 Å². The smallest absolute Gasteiger partial charge is 0.161 e. The fourth-order valence-electron chi connectivity index (χ4n) is 1.52. The summed E-state index contributed by atoms with van der Waals surface area (Å²) in [5, 5.41) is 0.943. The number of methoxy groups -OCH3 is 1. The molecular weight excluding hydrogens is 178 g/mol. The number of hydrogen-bond acceptors (Lipinski definition) is 2. The van der Waals surface area contributed by atoms with Gasteiger partial charge in [-0.25, -0.2) is 0 Å². The fraction of sp³-hybridized carbons (Fsp3) is 0.182. The van der Waals surface area contributed by atoms with E-state index in [1.807, 2.05) is 18.2 Å². The first kappa shape index (κ1) is 8.81. The molecule has 3 heteroatoms. The normalized spacial score (nSPS) is 10.4. The summed E-state index contributed by atoms with van der Waals surface area (Å²) in [6.07, 6.45) is 1.73. The third-order valence-corrected chi connectivity index (χ3v) is 2.27. The zero-order chi connectivity index (χ0) is 10.1. The van der Waals surface area contributed by atoms with Crippen LogP contribution in [0.3, 0.4) is 0 Å². The molecule has 0 saturated heterocycles. The number of hydrogen-bond donors (Lipinski definition) is 1. The molecule has 3 nitrogen and oxygen atoms in total. The van der Waals surface area contributed by atoms with Crippen LogP contribution in [0.4, 0.5) is 0 Å². The van der Waals surface area contributed by atoms with Crippen LogP contribution in [0.15, 0.2) is 24.4 Å². The molecule has 0 aliphatic rings. The summed E-state index contributed by atoms with van der Waals surface area (Å²) >= 11 is 0. The highest BCUT2D eigenvalue weighted by atomic mass is 16.5. The van der Waals surface area contributed by atoms with Crippen molar-refractivity contribution in [3.63, 3.8) is 0 Å². The number of aromatic amines is 1. The molecule has 1 heterocycles. The van der Waals surface area contributed by atoms with Gasteiger partial charge in [-0.05, 0) is 19.1 Å². The third kappa shape index (κ3) is 1.27. The van der Waals surface area contributed by atoms with E-state index in [2.05, 4.69) is 4.98 Å². The number of H-pyrrole nitrogens is 1. The van der Waals surface area contributed by atoms with Crippen molar-refractivity contribution in [1.82, 2.24) is 4.98 Å². The van der Waals surface area contributed by atoms with E-state index in [9.17, 15) is 4.79 Å². The van der Waals surface area contributed by atoms with E-state index < -0.39 is 0 Å². The second kappa shape index (κ2) is 3.18. The van der Waals surface area contributed by atoms with Crippen molar-refractivity contribution < 1.29 is 9.53 Å². The number of carbonyl (C=O) groups is 1. The largest absolute Gasteiger partial charge is 0.497 e. The van der Waals surface area contributed by atoms with E-state index in [0.29, 0.717) is 0 Å². The van der Waals surface area contributed by atoms with Crippen molar-refractivity contribution in [2.75, 3.05) is 7.11 Å². The molecule has 0 aliphatic heterocycles. The zero-order valence-electron chi connectivity index (χ0n) is 8.13. The van der Waals surface area contributed by atoms with Crippen LogP contribution in [0, 0.1) is 0 Å². The molecule has 2 rings (SSSR count). The number of aromatic nitrogens is 1. The lowest BCUT2D eigenvalue weighted by Crippen LogP contribution is -1.88. The lowest BCUT2D eigenvalue weighted by Gasteiger charge is -1.98. The van der Waals surface area contributed by atoms with Crippen LogP contribution < -0.4 is 4.74 Å². The Kier molecular flexibility index (Phi) is 2.00. The standard InChI is InChI=1S/C11H11NO2/c1-7(13)10-6-12-11-5-8(14-2)3-4-9(10)11/h3-6,12H,1-2H3. The summed E-state index contributed by atoms with van der Waals surface area (Å²) in [5.74, 6) is 0.857. The molecular formula is C11H11NO2. The number of ether oxygens (including phenoxy) is 1. The second-order valence-electron chi connectivity index (χ2n) is 3.17. The number of carbonyl (C=O) groups excluding carboxylic acids is 1. The minimum absolute atomic E-state index is 0.0708. The molecule has 0 fully saturated rings. The van der Waals surface area contributed by atoms with Crippen LogP contribution in [0.25, 0.3) is 10.9 Å². The van der Waals surface area contributed by atoms with Gasteiger partial charge in [-0.15, -0.1) is 0 Å². The van der Waals surface area contributed by atoms with Crippen molar-refractivity contribution in [3.05, 3.63) is 30.0 Å². The van der Waals surface area contributed by atoms with Crippen LogP contribution in [0.1, 0.15) is 17.3 Å². The minimum Gasteiger partial charge on any atom is -0.497 e. The molecule has 0 spiro atoms. The van der Waals surface area contributed by atoms with Gasteiger partial charge >= 0.3 is 0 Å². The van der Waals surface area contributed by atoms with Crippen LogP contribution >= 0.6 is 0 Å². The topological polar surface area (TPSA) is 42.1 Å². The lowest BCUT2D eigenvalue weighted by molar-refractivity contribution is 0.101. The van der Waals surface area contributed by atoms with E-state index in [4.69, 9.17) is 4.74 Å². The monoisotopic (exact) mass is 189 g/mol. The Hall–Kier alpha value is -1.77. The Morgan fingerprint density at radius 2 is 2.21 bits per heavy atom. The highest BCUT2D eigenvalue weighted by molar-refractivity contribution is 6.06. The summed E-state index contributed by atoms with van der Waals surface area (Å²) in [5.41, 5.74) is 1.65. The molecule has 0 saturated carbocycles. The minimum atomic E-state index is 0.0708. The number of fused-ring (bicyclic) bond motifs is 1. The summed E-state index contributed by atoms with van der Waals surface area (Å²) in [4.78, 5) is 14.3. The predicted octanol–water partition coefficient (Wildman–Crippen LogP) is 2.38. The van der Waals surface area contributed by atoms with Crippen LogP contribution in [-0.4, -0.2) is 17.9 Å². The molecule has 1 aromatic carbocycles. The molecule has 0 unspecified atom stereocenters. The van der Waals surface area contributed by atoms with Gasteiger partial charge in [-0.3, -0.25) is 4.79 Å². The Balaban J connectivity index is 2.65. The predicted molar refractivity (Wildman–Crippen MR) is 54.9 cm³/mol. The van der Waals surface area contributed by atoms with E-state index >= 15 is 0 Å². The number of ketones is 1.